The van der Waals surface area contributed by atoms with Gasteiger partial charge in [-0.25, -0.2) is 0 Å². The molecule has 10 heteroatoms. The van der Waals surface area contributed by atoms with Crippen LogP contribution in [0.25, 0.3) is 0 Å². The second kappa shape index (κ2) is 7.85. The van der Waals surface area contributed by atoms with E-state index in [1.165, 1.54) is 19.1 Å². The summed E-state index contributed by atoms with van der Waals surface area (Å²) in [6.07, 6.45) is -5.25. The number of rotatable bonds is 6. The second-order valence-electron chi connectivity index (χ2n) is 5.43. The highest BCUT2D eigenvalue weighted by atomic mass is 19.4. The van der Waals surface area contributed by atoms with Crippen LogP contribution in [-0.4, -0.2) is 23.2 Å². The Balaban J connectivity index is 2.10. The van der Waals surface area contributed by atoms with E-state index in [1.807, 2.05) is 0 Å². The average molecular weight is 382 g/mol. The molecule has 0 heterocycles. The molecule has 0 spiro atoms. The van der Waals surface area contributed by atoms with E-state index in [2.05, 4.69) is 5.32 Å². The predicted molar refractivity (Wildman–Crippen MR) is 88.6 cm³/mol. The highest BCUT2D eigenvalue weighted by molar-refractivity contribution is 5.94. The van der Waals surface area contributed by atoms with Gasteiger partial charge in [-0.15, -0.1) is 0 Å². The predicted octanol–water partition coefficient (Wildman–Crippen LogP) is 3.83. The summed E-state index contributed by atoms with van der Waals surface area (Å²) < 4.78 is 42.8. The zero-order chi connectivity index (χ0) is 20.2. The molecule has 0 unspecified atom stereocenters. The molecule has 0 fully saturated rings. The third kappa shape index (κ3) is 5.03. The number of aldehydes is 1. The maximum Gasteiger partial charge on any atom is 0.416 e. The molecule has 0 saturated heterocycles. The molecule has 0 aliphatic rings. The van der Waals surface area contributed by atoms with Crippen LogP contribution in [0.1, 0.15) is 22.8 Å². The number of hydrogen-bond donors (Lipinski definition) is 1. The Bertz CT molecular complexity index is 866. The Hall–Kier alpha value is -3.43. The first-order valence-electron chi connectivity index (χ1n) is 7.50. The van der Waals surface area contributed by atoms with Gasteiger partial charge < -0.3 is 10.1 Å². The van der Waals surface area contributed by atoms with Crippen molar-refractivity contribution in [2.24, 2.45) is 0 Å². The highest BCUT2D eigenvalue weighted by Crippen LogP contribution is 2.30. The molecule has 2 aromatic rings. The lowest BCUT2D eigenvalue weighted by Crippen LogP contribution is -2.30. The van der Waals surface area contributed by atoms with Gasteiger partial charge in [-0.2, -0.15) is 13.2 Å². The van der Waals surface area contributed by atoms with Crippen molar-refractivity contribution in [2.75, 3.05) is 5.32 Å². The molecule has 1 amide bonds. The largest absolute Gasteiger partial charge is 0.474 e. The lowest BCUT2D eigenvalue weighted by Gasteiger charge is -2.15. The smallest absolute Gasteiger partial charge is 0.416 e. The number of halogens is 3. The van der Waals surface area contributed by atoms with Gasteiger partial charge in [0.1, 0.15) is 6.29 Å². The molecule has 0 bridgehead atoms. The Morgan fingerprint density at radius 3 is 2.37 bits per heavy atom. The monoisotopic (exact) mass is 382 g/mol. The Morgan fingerprint density at radius 2 is 1.85 bits per heavy atom. The fourth-order valence-electron chi connectivity index (χ4n) is 2.08. The van der Waals surface area contributed by atoms with Gasteiger partial charge in [0, 0.05) is 17.3 Å². The van der Waals surface area contributed by atoms with Crippen molar-refractivity contribution in [1.29, 1.82) is 0 Å². The fourth-order valence-corrected chi connectivity index (χ4v) is 2.08. The van der Waals surface area contributed by atoms with Gasteiger partial charge in [-0.05, 0) is 43.3 Å². The summed E-state index contributed by atoms with van der Waals surface area (Å²) in [6.45, 7) is 1.32. The number of ether oxygens (including phenoxy) is 1. The van der Waals surface area contributed by atoms with Crippen molar-refractivity contribution in [3.8, 4) is 5.75 Å². The number of hydrogen-bond acceptors (Lipinski definition) is 5. The molecular weight excluding hydrogens is 369 g/mol. The quantitative estimate of drug-likeness (QED) is 0.465. The Labute approximate surface area is 150 Å². The van der Waals surface area contributed by atoms with Crippen LogP contribution in [0.5, 0.6) is 5.75 Å². The van der Waals surface area contributed by atoms with Crippen LogP contribution in [0.3, 0.4) is 0 Å². The lowest BCUT2D eigenvalue weighted by molar-refractivity contribution is -0.386. The maximum atomic E-state index is 12.5. The van der Waals surface area contributed by atoms with Crippen molar-refractivity contribution >= 4 is 23.6 Å². The average Bonchev–Trinajstić information content (AvgIpc) is 2.61. The van der Waals surface area contributed by atoms with Crippen LogP contribution in [0.2, 0.25) is 0 Å². The number of amides is 1. The third-order valence-corrected chi connectivity index (χ3v) is 3.47. The van der Waals surface area contributed by atoms with Crippen molar-refractivity contribution in [1.82, 2.24) is 0 Å². The molecule has 27 heavy (non-hydrogen) atoms. The van der Waals surface area contributed by atoms with Crippen LogP contribution in [0.4, 0.5) is 24.5 Å². The number of alkyl halides is 3. The van der Waals surface area contributed by atoms with Gasteiger partial charge in [-0.3, -0.25) is 19.7 Å². The molecule has 0 aliphatic heterocycles. The Morgan fingerprint density at radius 1 is 1.22 bits per heavy atom. The van der Waals surface area contributed by atoms with Crippen molar-refractivity contribution < 1.29 is 32.4 Å². The number of nitrogens with one attached hydrogen (secondary N) is 1. The first kappa shape index (κ1) is 19.9. The minimum atomic E-state index is -4.49. The van der Waals surface area contributed by atoms with E-state index in [0.29, 0.717) is 6.29 Å². The first-order chi connectivity index (χ1) is 12.6. The zero-order valence-corrected chi connectivity index (χ0v) is 13.8. The van der Waals surface area contributed by atoms with Crippen LogP contribution < -0.4 is 10.1 Å². The number of carbonyl (C=O) groups excluding carboxylic acids is 2. The van der Waals surface area contributed by atoms with Crippen molar-refractivity contribution in [3.05, 3.63) is 63.7 Å². The van der Waals surface area contributed by atoms with Gasteiger partial charge >= 0.3 is 11.9 Å². The fraction of sp³-hybridized carbons (Fsp3) is 0.176. The van der Waals surface area contributed by atoms with Gasteiger partial charge in [0.15, 0.2) is 11.9 Å². The van der Waals surface area contributed by atoms with E-state index in [1.54, 1.807) is 0 Å². The minimum absolute atomic E-state index is 0.0657. The number of nitro groups is 1. The first-order valence-corrected chi connectivity index (χ1v) is 7.50. The molecule has 0 aliphatic carbocycles. The standard InChI is InChI=1S/C17H13F3N2O5/c1-10(27-15-7-2-11(9-23)8-14(15)22(25)26)16(24)21-13-5-3-12(4-6-13)17(18,19)20/h2-10H,1H3,(H,21,24)/t10-/m1/s1. The van der Waals surface area contributed by atoms with E-state index < -0.39 is 34.4 Å². The van der Waals surface area contributed by atoms with E-state index in [4.69, 9.17) is 4.74 Å². The van der Waals surface area contributed by atoms with E-state index in [0.717, 1.165) is 30.3 Å². The molecule has 0 aromatic heterocycles. The molecule has 1 atom stereocenters. The summed E-state index contributed by atoms with van der Waals surface area (Å²) in [5.41, 5.74) is -1.19. The van der Waals surface area contributed by atoms with E-state index in [-0.39, 0.29) is 17.0 Å². The molecule has 2 aromatic carbocycles. The Kier molecular flexibility index (Phi) is 5.78. The van der Waals surface area contributed by atoms with Crippen molar-refractivity contribution in [2.45, 2.75) is 19.2 Å². The van der Waals surface area contributed by atoms with Crippen LogP contribution in [0, 0.1) is 10.1 Å². The summed E-state index contributed by atoms with van der Waals surface area (Å²) in [5, 5.41) is 13.4. The number of nitro benzene ring substituents is 1. The van der Waals surface area contributed by atoms with Crippen LogP contribution in [0.15, 0.2) is 42.5 Å². The molecule has 142 valence electrons. The number of nitrogens with zero attached hydrogens (tertiary/aromatic N) is 1. The van der Waals surface area contributed by atoms with E-state index in [9.17, 15) is 32.9 Å². The van der Waals surface area contributed by atoms with E-state index >= 15 is 0 Å². The van der Waals surface area contributed by atoms with Crippen LogP contribution in [-0.2, 0) is 11.0 Å². The summed E-state index contributed by atoms with van der Waals surface area (Å²) >= 11 is 0. The van der Waals surface area contributed by atoms with Gasteiger partial charge in [0.05, 0.1) is 10.5 Å². The molecule has 2 rings (SSSR count). The SMILES string of the molecule is C[C@@H](Oc1ccc(C=O)cc1[N+](=O)[O-])C(=O)Nc1ccc(C(F)(F)F)cc1. The molecule has 7 nitrogen and oxygen atoms in total. The molecular formula is C17H13F3N2O5. The van der Waals surface area contributed by atoms with Gasteiger partial charge in [-0.1, -0.05) is 0 Å². The van der Waals surface area contributed by atoms with Crippen LogP contribution >= 0.6 is 0 Å². The maximum absolute atomic E-state index is 12.5. The zero-order valence-electron chi connectivity index (χ0n) is 13.8. The number of anilines is 1. The summed E-state index contributed by atoms with van der Waals surface area (Å²) in [5.74, 6) is -0.941. The third-order valence-electron chi connectivity index (χ3n) is 3.47. The summed E-state index contributed by atoms with van der Waals surface area (Å²) in [4.78, 5) is 33.1. The lowest BCUT2D eigenvalue weighted by atomic mass is 10.2. The minimum Gasteiger partial charge on any atom is -0.474 e. The molecule has 1 N–H and O–H groups in total. The summed E-state index contributed by atoms with van der Waals surface area (Å²) in [7, 11) is 0. The van der Waals surface area contributed by atoms with Gasteiger partial charge in [0.25, 0.3) is 5.91 Å². The van der Waals surface area contributed by atoms with Gasteiger partial charge in [0.2, 0.25) is 0 Å². The van der Waals surface area contributed by atoms with Crippen molar-refractivity contribution in [3.63, 3.8) is 0 Å². The normalized spacial score (nSPS) is 12.1. The topological polar surface area (TPSA) is 98.5 Å². The highest BCUT2D eigenvalue weighted by Gasteiger charge is 2.30. The second-order valence-corrected chi connectivity index (χ2v) is 5.43. The molecule has 0 saturated carbocycles. The number of benzene rings is 2. The number of carbonyl (C=O) groups is 2. The summed E-state index contributed by atoms with van der Waals surface area (Å²) in [6, 6.07) is 7.25. The molecule has 0 radical (unpaired) electrons.